The lowest BCUT2D eigenvalue weighted by Crippen LogP contribution is -2.62. The van der Waals surface area contributed by atoms with Gasteiger partial charge in [-0.15, -0.1) is 0 Å². The molecule has 0 bridgehead atoms. The van der Waals surface area contributed by atoms with Crippen molar-refractivity contribution >= 4 is 18.0 Å². The van der Waals surface area contributed by atoms with Crippen molar-refractivity contribution < 1.29 is 37.4 Å². The fourth-order valence-electron chi connectivity index (χ4n) is 4.44. The van der Waals surface area contributed by atoms with E-state index >= 15 is 0 Å². The van der Waals surface area contributed by atoms with E-state index in [0.29, 0.717) is 6.42 Å². The predicted molar refractivity (Wildman–Crippen MR) is 115 cm³/mol. The second kappa shape index (κ2) is 9.00. The van der Waals surface area contributed by atoms with E-state index in [1.807, 2.05) is 59.2 Å². The van der Waals surface area contributed by atoms with Crippen LogP contribution in [-0.4, -0.2) is 47.9 Å². The van der Waals surface area contributed by atoms with Crippen LogP contribution in [0, 0.1) is 5.92 Å². The van der Waals surface area contributed by atoms with Gasteiger partial charge in [-0.3, -0.25) is 4.79 Å². The highest BCUT2D eigenvalue weighted by atomic mass is 19.4. The molecule has 4 rings (SSSR count). The zero-order valence-corrected chi connectivity index (χ0v) is 18.0. The van der Waals surface area contributed by atoms with Gasteiger partial charge in [0.15, 0.2) is 5.92 Å². The van der Waals surface area contributed by atoms with E-state index in [4.69, 9.17) is 4.74 Å². The van der Waals surface area contributed by atoms with Crippen LogP contribution in [0.15, 0.2) is 48.5 Å². The lowest BCUT2D eigenvalue weighted by molar-refractivity contribution is -0.184. The van der Waals surface area contributed by atoms with Crippen molar-refractivity contribution in [2.75, 3.05) is 13.2 Å². The van der Waals surface area contributed by atoms with Gasteiger partial charge in [0.1, 0.15) is 12.1 Å². The summed E-state index contributed by atoms with van der Waals surface area (Å²) in [6.45, 7) is -1.16. The Morgan fingerprint density at radius 3 is 2.06 bits per heavy atom. The zero-order valence-electron chi connectivity index (χ0n) is 18.0. The molecule has 0 saturated heterocycles. The Bertz CT molecular complexity index is 1070. The van der Waals surface area contributed by atoms with E-state index in [2.05, 4.69) is 0 Å². The van der Waals surface area contributed by atoms with Gasteiger partial charge in [0, 0.05) is 12.5 Å². The summed E-state index contributed by atoms with van der Waals surface area (Å²) in [7, 11) is 0. The number of alkyl halides is 3. The normalized spacial score (nSPS) is 17.0. The van der Waals surface area contributed by atoms with Gasteiger partial charge in [0.2, 0.25) is 5.91 Å². The average molecular weight is 476 g/mol. The first-order chi connectivity index (χ1) is 16.1. The lowest BCUT2D eigenvalue weighted by atomic mass is 9.76. The van der Waals surface area contributed by atoms with Gasteiger partial charge in [-0.1, -0.05) is 48.5 Å². The summed E-state index contributed by atoms with van der Waals surface area (Å²) >= 11 is 0. The number of aliphatic carboxylic acids is 1. The van der Waals surface area contributed by atoms with Gasteiger partial charge in [0.05, 0.1) is 0 Å². The summed E-state index contributed by atoms with van der Waals surface area (Å²) in [6, 6.07) is 15.2. The van der Waals surface area contributed by atoms with Crippen LogP contribution in [-0.2, 0) is 14.3 Å². The summed E-state index contributed by atoms with van der Waals surface area (Å²) in [6.07, 6.45) is -5.48. The van der Waals surface area contributed by atoms with Crippen LogP contribution >= 0.6 is 0 Å². The van der Waals surface area contributed by atoms with Crippen LogP contribution in [0.1, 0.15) is 36.3 Å². The maximum absolute atomic E-state index is 13.5. The predicted octanol–water partition coefficient (Wildman–Crippen LogP) is 3.83. The van der Waals surface area contributed by atoms with Crippen LogP contribution in [0.4, 0.5) is 18.0 Å². The number of rotatable bonds is 7. The summed E-state index contributed by atoms with van der Waals surface area (Å²) in [5.41, 5.74) is 2.21. The number of carbonyl (C=O) groups is 3. The Labute approximate surface area is 193 Å². The molecule has 10 heteroatoms. The van der Waals surface area contributed by atoms with Gasteiger partial charge >= 0.3 is 18.2 Å². The molecule has 2 amide bonds. The van der Waals surface area contributed by atoms with E-state index in [1.54, 1.807) is 0 Å². The highest BCUT2D eigenvalue weighted by Gasteiger charge is 2.51. The Morgan fingerprint density at radius 2 is 1.59 bits per heavy atom. The van der Waals surface area contributed by atoms with E-state index in [0.717, 1.165) is 22.3 Å². The Morgan fingerprint density at radius 1 is 1.03 bits per heavy atom. The molecular formula is C24H23F3N2O5. The molecule has 0 aromatic heterocycles. The summed E-state index contributed by atoms with van der Waals surface area (Å²) < 4.78 is 45.7. The number of amides is 2. The van der Waals surface area contributed by atoms with Crippen molar-refractivity contribution in [1.29, 1.82) is 0 Å². The molecule has 2 aliphatic carbocycles. The van der Waals surface area contributed by atoms with E-state index in [9.17, 15) is 32.7 Å². The van der Waals surface area contributed by atoms with Crippen molar-refractivity contribution in [3.8, 4) is 11.1 Å². The molecule has 1 fully saturated rings. The van der Waals surface area contributed by atoms with E-state index in [-0.39, 0.29) is 25.4 Å². The minimum absolute atomic E-state index is 0.0540. The first-order valence-electron chi connectivity index (χ1n) is 10.8. The Balaban J connectivity index is 1.38. The maximum atomic E-state index is 13.5. The molecule has 3 N–H and O–H groups in total. The number of fused-ring (bicyclic) bond motifs is 3. The molecule has 7 nitrogen and oxygen atoms in total. The maximum Gasteiger partial charge on any atom is 0.407 e. The minimum atomic E-state index is -4.98. The lowest BCUT2D eigenvalue weighted by Gasteiger charge is -2.39. The first-order valence-corrected chi connectivity index (χ1v) is 10.8. The van der Waals surface area contributed by atoms with Crippen molar-refractivity contribution in [3.05, 3.63) is 59.7 Å². The molecule has 1 atom stereocenters. The molecule has 2 aliphatic rings. The second-order valence-electron chi connectivity index (χ2n) is 8.53. The van der Waals surface area contributed by atoms with Crippen molar-refractivity contribution in [3.63, 3.8) is 0 Å². The monoisotopic (exact) mass is 476 g/mol. The molecule has 1 saturated carbocycles. The first kappa shape index (κ1) is 23.6. The van der Waals surface area contributed by atoms with Crippen LogP contribution in [0.25, 0.3) is 11.1 Å². The fraction of sp³-hybridized carbons (Fsp3) is 0.375. The molecule has 2 aromatic carbocycles. The van der Waals surface area contributed by atoms with Gasteiger partial charge in [-0.2, -0.15) is 13.2 Å². The SMILES string of the molecule is O=C(NCC(C(=O)NC1(C(=O)O)CCC1)C(F)(F)F)OCC1c2ccccc2-c2ccccc21. The van der Waals surface area contributed by atoms with Crippen molar-refractivity contribution in [1.82, 2.24) is 10.6 Å². The van der Waals surface area contributed by atoms with Crippen LogP contribution in [0.2, 0.25) is 0 Å². The number of carboxylic acid groups (broad SMARTS) is 1. The third-order valence-electron chi connectivity index (χ3n) is 6.48. The van der Waals surface area contributed by atoms with Gasteiger partial charge < -0.3 is 20.5 Å². The summed E-state index contributed by atoms with van der Waals surface area (Å²) in [4.78, 5) is 35.9. The van der Waals surface area contributed by atoms with Gasteiger partial charge in [0.25, 0.3) is 0 Å². The van der Waals surface area contributed by atoms with Crippen LogP contribution in [0.3, 0.4) is 0 Å². The molecule has 0 radical (unpaired) electrons. The smallest absolute Gasteiger partial charge is 0.407 e. The quantitative estimate of drug-likeness (QED) is 0.564. The number of ether oxygens (including phenoxy) is 1. The van der Waals surface area contributed by atoms with Crippen LogP contribution < -0.4 is 10.6 Å². The third-order valence-corrected chi connectivity index (χ3v) is 6.48. The molecule has 1 unspecified atom stereocenters. The Kier molecular flexibility index (Phi) is 6.24. The topological polar surface area (TPSA) is 105 Å². The number of hydrogen-bond acceptors (Lipinski definition) is 4. The molecular weight excluding hydrogens is 453 g/mol. The molecule has 2 aromatic rings. The van der Waals surface area contributed by atoms with Gasteiger partial charge in [-0.25, -0.2) is 9.59 Å². The number of alkyl carbamates (subject to hydrolysis) is 1. The standard InChI is InChI=1S/C24H23F3N2O5/c25-24(26,27)19(20(30)29-23(21(31)32)10-5-11-23)12-28-22(33)34-13-18-16-8-3-1-6-14(16)15-7-2-4-9-17(15)18/h1-4,6-9,18-19H,5,10-13H2,(H,28,33)(H,29,30)(H,31,32). The largest absolute Gasteiger partial charge is 0.480 e. The molecule has 34 heavy (non-hydrogen) atoms. The molecule has 0 spiro atoms. The zero-order chi connectivity index (χ0) is 24.5. The second-order valence-corrected chi connectivity index (χ2v) is 8.53. The Hall–Kier alpha value is -3.56. The molecule has 180 valence electrons. The molecule has 0 heterocycles. The number of halogens is 3. The van der Waals surface area contributed by atoms with Gasteiger partial charge in [-0.05, 0) is 41.5 Å². The number of hydrogen-bond donors (Lipinski definition) is 3. The third kappa shape index (κ3) is 4.44. The van der Waals surface area contributed by atoms with E-state index < -0.39 is 42.1 Å². The summed E-state index contributed by atoms with van der Waals surface area (Å²) in [5.74, 6) is -5.75. The van der Waals surface area contributed by atoms with Crippen molar-refractivity contribution in [2.24, 2.45) is 5.92 Å². The average Bonchev–Trinajstić information content (AvgIpc) is 3.07. The highest BCUT2D eigenvalue weighted by Crippen LogP contribution is 2.44. The summed E-state index contributed by atoms with van der Waals surface area (Å²) in [5, 5.41) is 13.3. The number of benzene rings is 2. The number of nitrogens with one attached hydrogen (secondary N) is 2. The minimum Gasteiger partial charge on any atom is -0.480 e. The highest BCUT2D eigenvalue weighted by molar-refractivity contribution is 5.89. The number of carboxylic acids is 1. The van der Waals surface area contributed by atoms with Crippen molar-refractivity contribution in [2.45, 2.75) is 36.9 Å². The molecule has 0 aliphatic heterocycles. The fourth-order valence-corrected chi connectivity index (χ4v) is 4.44. The van der Waals surface area contributed by atoms with Crippen LogP contribution in [0.5, 0.6) is 0 Å². The number of carbonyl (C=O) groups excluding carboxylic acids is 2. The van der Waals surface area contributed by atoms with E-state index in [1.165, 1.54) is 0 Å².